The molecule has 1 aromatic carbocycles. The van der Waals surface area contributed by atoms with Gasteiger partial charge in [0.05, 0.1) is 11.8 Å². The highest BCUT2D eigenvalue weighted by atomic mass is 35.5. The average molecular weight is 449 g/mol. The quantitative estimate of drug-likeness (QED) is 0.408. The lowest BCUT2D eigenvalue weighted by molar-refractivity contribution is 0.157. The van der Waals surface area contributed by atoms with Crippen molar-refractivity contribution in [3.05, 3.63) is 53.7 Å². The van der Waals surface area contributed by atoms with Gasteiger partial charge in [0.1, 0.15) is 16.4 Å². The summed E-state index contributed by atoms with van der Waals surface area (Å²) in [5.74, 6) is 1.50. The Labute approximate surface area is 189 Å². The monoisotopic (exact) mass is 448 g/mol. The lowest BCUT2D eigenvalue weighted by Crippen LogP contribution is -2.40. The van der Waals surface area contributed by atoms with Crippen LogP contribution >= 0.6 is 11.6 Å². The maximum absolute atomic E-state index is 15.7. The van der Waals surface area contributed by atoms with Gasteiger partial charge in [0.2, 0.25) is 0 Å². The maximum atomic E-state index is 15.7. The molecular formula is C24H22ClFN6. The predicted molar refractivity (Wildman–Crippen MR) is 123 cm³/mol. The van der Waals surface area contributed by atoms with Crippen molar-refractivity contribution in [1.82, 2.24) is 24.9 Å². The first-order valence-corrected chi connectivity index (χ1v) is 11.4. The molecule has 2 N–H and O–H groups in total. The van der Waals surface area contributed by atoms with E-state index >= 15 is 4.39 Å². The van der Waals surface area contributed by atoms with Gasteiger partial charge in [-0.15, -0.1) is 0 Å². The molecule has 6 nitrogen and oxygen atoms in total. The molecule has 1 atom stereocenters. The number of anilines is 1. The molecule has 0 radical (unpaired) electrons. The zero-order valence-corrected chi connectivity index (χ0v) is 18.1. The van der Waals surface area contributed by atoms with E-state index in [1.54, 1.807) is 6.20 Å². The highest BCUT2D eigenvalue weighted by Gasteiger charge is 2.36. The molecule has 3 aliphatic rings. The SMILES string of the molecule is Fc1c(NC2CC3CCC2CC3)nc(-c2c[nH]c3ncc(Cl)nc23)nc1-c1ccccc1. The van der Waals surface area contributed by atoms with Gasteiger partial charge in [0.15, 0.2) is 23.1 Å². The Morgan fingerprint density at radius 1 is 1.03 bits per heavy atom. The number of benzene rings is 1. The van der Waals surface area contributed by atoms with Crippen molar-refractivity contribution in [1.29, 1.82) is 0 Å². The number of nitrogens with zero attached hydrogens (tertiary/aromatic N) is 4. The van der Waals surface area contributed by atoms with E-state index in [9.17, 15) is 0 Å². The molecule has 3 fully saturated rings. The number of aromatic nitrogens is 5. The van der Waals surface area contributed by atoms with Gasteiger partial charge in [-0.05, 0) is 31.1 Å². The van der Waals surface area contributed by atoms with Crippen LogP contribution < -0.4 is 5.32 Å². The molecule has 4 aromatic rings. The first-order chi connectivity index (χ1) is 15.7. The molecule has 32 heavy (non-hydrogen) atoms. The van der Waals surface area contributed by atoms with Crippen molar-refractivity contribution in [2.75, 3.05) is 5.32 Å². The Morgan fingerprint density at radius 3 is 2.59 bits per heavy atom. The summed E-state index contributed by atoms with van der Waals surface area (Å²) < 4.78 is 15.7. The molecule has 7 rings (SSSR count). The van der Waals surface area contributed by atoms with Crippen LogP contribution in [0.5, 0.6) is 0 Å². The first kappa shape index (κ1) is 19.6. The molecule has 8 heteroatoms. The topological polar surface area (TPSA) is 79.4 Å². The van der Waals surface area contributed by atoms with E-state index in [-0.39, 0.29) is 22.7 Å². The second-order valence-electron chi connectivity index (χ2n) is 8.78. The number of nitrogens with one attached hydrogen (secondary N) is 2. The van der Waals surface area contributed by atoms with E-state index < -0.39 is 5.82 Å². The predicted octanol–water partition coefficient (Wildman–Crippen LogP) is 5.87. The maximum Gasteiger partial charge on any atom is 0.191 e. The smallest absolute Gasteiger partial charge is 0.191 e. The van der Waals surface area contributed by atoms with Crippen molar-refractivity contribution in [3.63, 3.8) is 0 Å². The van der Waals surface area contributed by atoms with Gasteiger partial charge in [0, 0.05) is 17.8 Å². The average Bonchev–Trinajstić information content (AvgIpc) is 3.25. The molecule has 1 unspecified atom stereocenters. The summed E-state index contributed by atoms with van der Waals surface area (Å²) in [6, 6.07) is 9.60. The van der Waals surface area contributed by atoms with Crippen LogP contribution in [0.1, 0.15) is 32.1 Å². The summed E-state index contributed by atoms with van der Waals surface area (Å²) in [4.78, 5) is 21.0. The summed E-state index contributed by atoms with van der Waals surface area (Å²) in [5.41, 5.74) is 2.75. The number of rotatable bonds is 4. The Kier molecular flexibility index (Phi) is 4.79. The molecule has 0 aliphatic heterocycles. The van der Waals surface area contributed by atoms with Crippen LogP contribution in [0.15, 0.2) is 42.7 Å². The van der Waals surface area contributed by atoms with E-state index in [1.165, 1.54) is 31.9 Å². The molecule has 3 aromatic heterocycles. The van der Waals surface area contributed by atoms with E-state index in [1.807, 2.05) is 30.3 Å². The van der Waals surface area contributed by atoms with E-state index in [4.69, 9.17) is 11.6 Å². The van der Waals surface area contributed by atoms with Crippen LogP contribution in [-0.4, -0.2) is 31.0 Å². The third-order valence-corrected chi connectivity index (χ3v) is 7.04. The Hall–Kier alpha value is -3.06. The van der Waals surface area contributed by atoms with E-state index in [0.29, 0.717) is 34.0 Å². The molecule has 3 aliphatic carbocycles. The van der Waals surface area contributed by atoms with Crippen LogP contribution in [0, 0.1) is 17.7 Å². The van der Waals surface area contributed by atoms with Crippen LogP contribution in [0.4, 0.5) is 10.2 Å². The number of fused-ring (bicyclic) bond motifs is 4. The summed E-state index contributed by atoms with van der Waals surface area (Å²) in [7, 11) is 0. The van der Waals surface area contributed by atoms with Gasteiger partial charge in [-0.2, -0.15) is 0 Å². The third-order valence-electron chi connectivity index (χ3n) is 6.86. The van der Waals surface area contributed by atoms with Gasteiger partial charge in [0.25, 0.3) is 0 Å². The number of hydrogen-bond acceptors (Lipinski definition) is 5. The molecule has 2 bridgehead atoms. The zero-order valence-electron chi connectivity index (χ0n) is 17.4. The minimum Gasteiger partial charge on any atom is -0.364 e. The lowest BCUT2D eigenvalue weighted by Gasteiger charge is -2.42. The van der Waals surface area contributed by atoms with E-state index in [2.05, 4.69) is 30.2 Å². The molecule has 3 saturated carbocycles. The normalized spacial score (nSPS) is 22.4. The van der Waals surface area contributed by atoms with Crippen molar-refractivity contribution in [2.45, 2.75) is 38.1 Å². The number of hydrogen-bond donors (Lipinski definition) is 2. The summed E-state index contributed by atoms with van der Waals surface area (Å²) in [5, 5.41) is 3.73. The van der Waals surface area contributed by atoms with Crippen molar-refractivity contribution < 1.29 is 4.39 Å². The molecule has 3 heterocycles. The fourth-order valence-corrected chi connectivity index (χ4v) is 5.35. The molecule has 0 saturated heterocycles. The molecule has 0 spiro atoms. The minimum absolute atomic E-state index is 0.237. The molecular weight excluding hydrogens is 427 g/mol. The highest BCUT2D eigenvalue weighted by Crippen LogP contribution is 2.43. The molecule has 162 valence electrons. The molecule has 0 amide bonds. The van der Waals surface area contributed by atoms with Gasteiger partial charge in [-0.1, -0.05) is 54.8 Å². The summed E-state index contributed by atoms with van der Waals surface area (Å²) in [6.45, 7) is 0. The van der Waals surface area contributed by atoms with Crippen molar-refractivity contribution in [2.24, 2.45) is 11.8 Å². The largest absolute Gasteiger partial charge is 0.364 e. The van der Waals surface area contributed by atoms with Gasteiger partial charge < -0.3 is 10.3 Å². The Bertz CT molecular complexity index is 1280. The number of H-pyrrole nitrogens is 1. The first-order valence-electron chi connectivity index (χ1n) is 11.0. The van der Waals surface area contributed by atoms with Crippen molar-refractivity contribution in [3.8, 4) is 22.6 Å². The number of halogens is 2. The summed E-state index contributed by atoms with van der Waals surface area (Å²) >= 11 is 6.08. The van der Waals surface area contributed by atoms with Gasteiger partial charge in [-0.25, -0.2) is 24.3 Å². The Balaban J connectivity index is 1.48. The van der Waals surface area contributed by atoms with Crippen LogP contribution in [0.3, 0.4) is 0 Å². The summed E-state index contributed by atoms with van der Waals surface area (Å²) in [6.07, 6.45) is 9.26. The second kappa shape index (κ2) is 7.81. The minimum atomic E-state index is -0.426. The lowest BCUT2D eigenvalue weighted by atomic mass is 9.68. The standard InChI is InChI=1S/C24H22ClFN6/c25-18-12-28-24-21(30-18)16(11-27-24)22-31-20(15-4-2-1-3-5-15)19(26)23(32-22)29-17-10-13-6-8-14(17)9-7-13/h1-5,11-14,17H,6-10H2,(H,27,28)(H,29,31,32). The van der Waals surface area contributed by atoms with E-state index in [0.717, 1.165) is 12.3 Å². The van der Waals surface area contributed by atoms with Crippen LogP contribution in [0.2, 0.25) is 5.15 Å². The van der Waals surface area contributed by atoms with Gasteiger partial charge in [-0.3, -0.25) is 0 Å². The fraction of sp³-hybridized carbons (Fsp3) is 0.333. The van der Waals surface area contributed by atoms with Crippen LogP contribution in [0.25, 0.3) is 33.8 Å². The second-order valence-corrected chi connectivity index (χ2v) is 9.17. The Morgan fingerprint density at radius 2 is 1.84 bits per heavy atom. The zero-order chi connectivity index (χ0) is 21.7. The fourth-order valence-electron chi connectivity index (χ4n) is 5.22. The van der Waals surface area contributed by atoms with Gasteiger partial charge >= 0.3 is 0 Å². The van der Waals surface area contributed by atoms with Crippen molar-refractivity contribution >= 4 is 28.6 Å². The highest BCUT2D eigenvalue weighted by molar-refractivity contribution is 6.29. The number of aromatic amines is 1. The van der Waals surface area contributed by atoms with Crippen LogP contribution in [-0.2, 0) is 0 Å². The third kappa shape index (κ3) is 3.41.